The predicted molar refractivity (Wildman–Crippen MR) is 127 cm³/mol. The molecule has 3 aromatic rings. The van der Waals surface area contributed by atoms with E-state index in [2.05, 4.69) is 4.74 Å². The topological polar surface area (TPSA) is 76.2 Å². The van der Waals surface area contributed by atoms with Gasteiger partial charge >= 0.3 is 6.61 Å². The summed E-state index contributed by atoms with van der Waals surface area (Å²) in [7, 11) is 2.91. The van der Waals surface area contributed by atoms with Gasteiger partial charge in [0.25, 0.3) is 17.7 Å². The summed E-state index contributed by atoms with van der Waals surface area (Å²) in [4.78, 5) is 41.4. The maximum absolute atomic E-state index is 13.1. The molecule has 1 heterocycles. The van der Waals surface area contributed by atoms with Gasteiger partial charge in [0.2, 0.25) is 0 Å². The summed E-state index contributed by atoms with van der Waals surface area (Å²) < 4.78 is 34.6. The second kappa shape index (κ2) is 10.6. The largest absolute Gasteiger partial charge is 0.493 e. The number of alkyl halides is 2. The fraction of sp³-hybridized carbons (Fsp3) is 0.222. The molecule has 0 fully saturated rings. The standard InChI is InChI=1S/C27H24F2N2O5/c1-30(16-18-8-11-22(36-27(28)29)23(14-18)35-2)24(32)19-9-10-20-21(15-19)26(34)31(25(20)33)13-12-17-6-4-3-5-7-17/h3-11,14-15,27H,12-13,16H2,1-2H3. The summed E-state index contributed by atoms with van der Waals surface area (Å²) in [5.74, 6) is -1.17. The number of amides is 3. The zero-order chi connectivity index (χ0) is 25.8. The van der Waals surface area contributed by atoms with Crippen molar-refractivity contribution in [1.82, 2.24) is 9.80 Å². The molecule has 7 nitrogen and oxygen atoms in total. The van der Waals surface area contributed by atoms with Gasteiger partial charge in [0.05, 0.1) is 18.2 Å². The maximum atomic E-state index is 13.1. The third kappa shape index (κ3) is 5.19. The number of carbonyl (C=O) groups excluding carboxylic acids is 3. The van der Waals surface area contributed by atoms with E-state index in [-0.39, 0.29) is 53.1 Å². The van der Waals surface area contributed by atoms with Crippen LogP contribution in [0.1, 0.15) is 42.2 Å². The highest BCUT2D eigenvalue weighted by molar-refractivity contribution is 6.22. The van der Waals surface area contributed by atoms with Crippen LogP contribution in [-0.4, -0.2) is 54.8 Å². The number of fused-ring (bicyclic) bond motifs is 1. The Kier molecular flexibility index (Phi) is 7.28. The Balaban J connectivity index is 1.46. The Morgan fingerprint density at radius 1 is 0.917 bits per heavy atom. The van der Waals surface area contributed by atoms with E-state index < -0.39 is 12.5 Å². The highest BCUT2D eigenvalue weighted by Crippen LogP contribution is 2.30. The number of nitrogens with zero attached hydrogens (tertiary/aromatic N) is 2. The lowest BCUT2D eigenvalue weighted by Gasteiger charge is -2.19. The number of hydrogen-bond acceptors (Lipinski definition) is 5. The number of benzene rings is 3. The smallest absolute Gasteiger partial charge is 0.387 e. The monoisotopic (exact) mass is 494 g/mol. The molecule has 0 radical (unpaired) electrons. The van der Waals surface area contributed by atoms with Crippen molar-refractivity contribution in [3.63, 3.8) is 0 Å². The lowest BCUT2D eigenvalue weighted by atomic mass is 10.0. The first kappa shape index (κ1) is 24.8. The number of methoxy groups -OCH3 is 1. The van der Waals surface area contributed by atoms with Crippen LogP contribution in [0.2, 0.25) is 0 Å². The van der Waals surface area contributed by atoms with Gasteiger partial charge in [-0.05, 0) is 47.9 Å². The molecule has 0 atom stereocenters. The van der Waals surface area contributed by atoms with Gasteiger partial charge < -0.3 is 14.4 Å². The van der Waals surface area contributed by atoms with E-state index in [0.717, 1.165) is 5.56 Å². The third-order valence-corrected chi connectivity index (χ3v) is 5.90. The molecular weight excluding hydrogens is 470 g/mol. The SMILES string of the molecule is COc1cc(CN(C)C(=O)c2ccc3c(c2)C(=O)N(CCc2ccccc2)C3=O)ccc1OC(F)F. The van der Waals surface area contributed by atoms with Crippen molar-refractivity contribution in [2.75, 3.05) is 20.7 Å². The van der Waals surface area contributed by atoms with E-state index in [9.17, 15) is 23.2 Å². The summed E-state index contributed by atoms with van der Waals surface area (Å²) in [5.41, 5.74) is 2.36. The van der Waals surface area contributed by atoms with Crippen LogP contribution in [0.5, 0.6) is 11.5 Å². The Morgan fingerprint density at radius 2 is 1.64 bits per heavy atom. The molecule has 3 aromatic carbocycles. The number of rotatable bonds is 9. The molecule has 0 bridgehead atoms. The molecule has 1 aliphatic rings. The highest BCUT2D eigenvalue weighted by atomic mass is 19.3. The van der Waals surface area contributed by atoms with Crippen molar-refractivity contribution in [1.29, 1.82) is 0 Å². The molecule has 0 saturated carbocycles. The fourth-order valence-corrected chi connectivity index (χ4v) is 4.08. The molecule has 0 aliphatic carbocycles. The molecule has 186 valence electrons. The van der Waals surface area contributed by atoms with Gasteiger partial charge in [-0.3, -0.25) is 19.3 Å². The maximum Gasteiger partial charge on any atom is 0.387 e. The number of hydrogen-bond donors (Lipinski definition) is 0. The summed E-state index contributed by atoms with van der Waals surface area (Å²) in [6.45, 7) is -2.60. The van der Waals surface area contributed by atoms with E-state index in [1.165, 1.54) is 47.2 Å². The first-order valence-corrected chi connectivity index (χ1v) is 11.2. The van der Waals surface area contributed by atoms with E-state index in [1.54, 1.807) is 13.1 Å². The molecule has 0 spiro atoms. The van der Waals surface area contributed by atoms with E-state index in [1.807, 2.05) is 30.3 Å². The second-order valence-corrected chi connectivity index (χ2v) is 8.28. The quantitative estimate of drug-likeness (QED) is 0.412. The van der Waals surface area contributed by atoms with Crippen molar-refractivity contribution in [2.24, 2.45) is 0 Å². The van der Waals surface area contributed by atoms with Gasteiger partial charge in [0, 0.05) is 25.7 Å². The lowest BCUT2D eigenvalue weighted by molar-refractivity contribution is -0.0512. The van der Waals surface area contributed by atoms with Gasteiger partial charge in [0.1, 0.15) is 0 Å². The first-order chi connectivity index (χ1) is 17.3. The van der Waals surface area contributed by atoms with Crippen molar-refractivity contribution < 1.29 is 32.6 Å². The Bertz CT molecular complexity index is 1300. The van der Waals surface area contributed by atoms with Gasteiger partial charge in [-0.2, -0.15) is 8.78 Å². The van der Waals surface area contributed by atoms with E-state index in [0.29, 0.717) is 12.0 Å². The first-order valence-electron chi connectivity index (χ1n) is 11.2. The lowest BCUT2D eigenvalue weighted by Crippen LogP contribution is -2.31. The van der Waals surface area contributed by atoms with Gasteiger partial charge in [-0.25, -0.2) is 0 Å². The Labute approximate surface area is 206 Å². The van der Waals surface area contributed by atoms with Gasteiger partial charge in [0.15, 0.2) is 11.5 Å². The molecule has 0 N–H and O–H groups in total. The molecule has 0 saturated heterocycles. The molecular formula is C27H24F2N2O5. The van der Waals surface area contributed by atoms with Crippen LogP contribution in [0.4, 0.5) is 8.78 Å². The number of halogens is 2. The highest BCUT2D eigenvalue weighted by Gasteiger charge is 2.35. The summed E-state index contributed by atoms with van der Waals surface area (Å²) in [6, 6.07) is 18.4. The van der Waals surface area contributed by atoms with Crippen molar-refractivity contribution >= 4 is 17.7 Å². The third-order valence-electron chi connectivity index (χ3n) is 5.90. The van der Waals surface area contributed by atoms with E-state index in [4.69, 9.17) is 4.74 Å². The summed E-state index contributed by atoms with van der Waals surface area (Å²) in [6.07, 6.45) is 0.533. The molecule has 3 amide bonds. The van der Waals surface area contributed by atoms with Gasteiger partial charge in [-0.1, -0.05) is 36.4 Å². The number of ether oxygens (including phenoxy) is 2. The minimum atomic E-state index is -2.99. The van der Waals surface area contributed by atoms with Crippen LogP contribution in [0.15, 0.2) is 66.7 Å². The fourth-order valence-electron chi connectivity index (χ4n) is 4.08. The second-order valence-electron chi connectivity index (χ2n) is 8.28. The molecule has 0 aromatic heterocycles. The van der Waals surface area contributed by atoms with Crippen LogP contribution in [-0.2, 0) is 13.0 Å². The minimum absolute atomic E-state index is 0.108. The van der Waals surface area contributed by atoms with Gasteiger partial charge in [-0.15, -0.1) is 0 Å². The average molecular weight is 494 g/mol. The summed E-state index contributed by atoms with van der Waals surface area (Å²) in [5, 5.41) is 0. The Hall–Kier alpha value is -4.27. The molecule has 36 heavy (non-hydrogen) atoms. The minimum Gasteiger partial charge on any atom is -0.493 e. The summed E-state index contributed by atoms with van der Waals surface area (Å²) >= 11 is 0. The predicted octanol–water partition coefficient (Wildman–Crippen LogP) is 4.41. The van der Waals surface area contributed by atoms with Crippen molar-refractivity contribution in [3.05, 3.63) is 94.5 Å². The number of imide groups is 1. The molecule has 4 rings (SSSR count). The molecule has 9 heteroatoms. The molecule has 0 unspecified atom stereocenters. The van der Waals surface area contributed by atoms with Crippen LogP contribution < -0.4 is 9.47 Å². The van der Waals surface area contributed by atoms with Crippen LogP contribution in [0, 0.1) is 0 Å². The zero-order valence-corrected chi connectivity index (χ0v) is 19.7. The van der Waals surface area contributed by atoms with Crippen LogP contribution in [0.25, 0.3) is 0 Å². The zero-order valence-electron chi connectivity index (χ0n) is 19.7. The van der Waals surface area contributed by atoms with E-state index >= 15 is 0 Å². The normalized spacial score (nSPS) is 12.6. The van der Waals surface area contributed by atoms with Crippen LogP contribution in [0.3, 0.4) is 0 Å². The Morgan fingerprint density at radius 3 is 2.33 bits per heavy atom. The van der Waals surface area contributed by atoms with Crippen molar-refractivity contribution in [2.45, 2.75) is 19.6 Å². The van der Waals surface area contributed by atoms with Crippen molar-refractivity contribution in [3.8, 4) is 11.5 Å². The molecule has 1 aliphatic heterocycles. The number of carbonyl (C=O) groups is 3. The van der Waals surface area contributed by atoms with Crippen LogP contribution >= 0.6 is 0 Å². The average Bonchev–Trinajstić information content (AvgIpc) is 3.12.